The zero-order valence-electron chi connectivity index (χ0n) is 10.9. The summed E-state index contributed by atoms with van der Waals surface area (Å²) in [7, 11) is 0. The van der Waals surface area contributed by atoms with E-state index in [1.54, 1.807) is 0 Å². The number of nitrogens with zero attached hydrogens (tertiary/aromatic N) is 1. The highest BCUT2D eigenvalue weighted by molar-refractivity contribution is 6.40. The predicted molar refractivity (Wildman–Crippen MR) is 85.7 cm³/mol. The molecule has 0 amide bonds. The van der Waals surface area contributed by atoms with Crippen molar-refractivity contribution in [3.63, 3.8) is 0 Å². The summed E-state index contributed by atoms with van der Waals surface area (Å²) in [6, 6.07) is 17.2. The van der Waals surface area contributed by atoms with E-state index in [1.165, 1.54) is 38.1 Å². The molecule has 2 heterocycles. The van der Waals surface area contributed by atoms with E-state index in [0.29, 0.717) is 0 Å². The molecule has 0 fully saturated rings. The Bertz CT molecular complexity index is 1010. The molecular weight excluding hydrogens is 266 g/mol. The highest BCUT2D eigenvalue weighted by Gasteiger charge is 2.24. The Balaban J connectivity index is 2.24. The lowest BCUT2D eigenvalue weighted by Gasteiger charge is -2.07. The quantitative estimate of drug-likeness (QED) is 0.418. The molecule has 0 bridgehead atoms. The molecule has 0 saturated heterocycles. The molecule has 0 N–H and O–H groups in total. The van der Waals surface area contributed by atoms with E-state index in [-0.39, 0.29) is 0 Å². The number of aromatic nitrogens is 1. The van der Waals surface area contributed by atoms with Gasteiger partial charge >= 0.3 is 0 Å². The van der Waals surface area contributed by atoms with Gasteiger partial charge in [0.1, 0.15) is 0 Å². The molecule has 0 saturated carbocycles. The SMILES string of the molecule is Clc1c2c3c(c4ccccc14)c1ccccc1n3CC2. The first-order valence-corrected chi connectivity index (χ1v) is 7.34. The van der Waals surface area contributed by atoms with Crippen molar-refractivity contribution in [2.24, 2.45) is 0 Å². The molecule has 0 atom stereocenters. The summed E-state index contributed by atoms with van der Waals surface area (Å²) in [4.78, 5) is 0. The number of rotatable bonds is 0. The van der Waals surface area contributed by atoms with Gasteiger partial charge in [-0.05, 0) is 23.4 Å². The van der Waals surface area contributed by atoms with Crippen LogP contribution in [0.25, 0.3) is 32.6 Å². The highest BCUT2D eigenvalue weighted by Crippen LogP contribution is 2.44. The van der Waals surface area contributed by atoms with Gasteiger partial charge in [-0.3, -0.25) is 0 Å². The molecule has 20 heavy (non-hydrogen) atoms. The standard InChI is InChI=1S/C18H12ClN/c19-17-12-6-2-1-5-11(12)16-13-7-3-4-8-15(13)20-10-9-14(17)18(16)20/h1-8H,9-10H2. The minimum atomic E-state index is 0.939. The molecule has 2 heteroatoms. The number of hydrogen-bond donors (Lipinski definition) is 0. The van der Waals surface area contributed by atoms with Crippen LogP contribution in [-0.4, -0.2) is 4.57 Å². The predicted octanol–water partition coefficient (Wildman–Crippen LogP) is 5.16. The van der Waals surface area contributed by atoms with E-state index in [4.69, 9.17) is 11.6 Å². The molecule has 0 radical (unpaired) electrons. The van der Waals surface area contributed by atoms with Gasteiger partial charge < -0.3 is 4.57 Å². The first-order valence-electron chi connectivity index (χ1n) is 6.96. The maximum Gasteiger partial charge on any atom is 0.0546 e. The van der Waals surface area contributed by atoms with Crippen LogP contribution in [0.4, 0.5) is 0 Å². The van der Waals surface area contributed by atoms with Crippen LogP contribution >= 0.6 is 11.6 Å². The third-order valence-corrected chi connectivity index (χ3v) is 4.97. The summed E-state index contributed by atoms with van der Waals surface area (Å²) in [5.41, 5.74) is 3.99. The van der Waals surface area contributed by atoms with Gasteiger partial charge in [-0.2, -0.15) is 0 Å². The zero-order chi connectivity index (χ0) is 13.3. The van der Waals surface area contributed by atoms with Crippen molar-refractivity contribution in [2.75, 3.05) is 0 Å². The zero-order valence-corrected chi connectivity index (χ0v) is 11.6. The normalized spacial score (nSPS) is 13.8. The van der Waals surface area contributed by atoms with Gasteiger partial charge in [0.2, 0.25) is 0 Å². The van der Waals surface area contributed by atoms with E-state index in [1.807, 2.05) is 0 Å². The fourth-order valence-corrected chi connectivity index (χ4v) is 4.08. The average molecular weight is 278 g/mol. The summed E-state index contributed by atoms with van der Waals surface area (Å²) < 4.78 is 2.43. The van der Waals surface area contributed by atoms with Crippen LogP contribution in [0, 0.1) is 0 Å². The van der Waals surface area contributed by atoms with E-state index in [0.717, 1.165) is 18.0 Å². The largest absolute Gasteiger partial charge is 0.340 e. The fraction of sp³-hybridized carbons (Fsp3) is 0.111. The number of fused-ring (bicyclic) bond motifs is 5. The molecule has 0 unspecified atom stereocenters. The average Bonchev–Trinajstić information content (AvgIpc) is 3.05. The molecule has 0 aliphatic carbocycles. The maximum atomic E-state index is 6.67. The second kappa shape index (κ2) is 3.56. The number of halogens is 1. The van der Waals surface area contributed by atoms with E-state index < -0.39 is 0 Å². The minimum Gasteiger partial charge on any atom is -0.340 e. The highest BCUT2D eigenvalue weighted by atomic mass is 35.5. The molecule has 4 aromatic rings. The summed E-state index contributed by atoms with van der Waals surface area (Å²) in [6.07, 6.45) is 1.04. The van der Waals surface area contributed by atoms with Crippen molar-refractivity contribution in [3.05, 3.63) is 59.1 Å². The van der Waals surface area contributed by atoms with Crippen LogP contribution < -0.4 is 0 Å². The van der Waals surface area contributed by atoms with Crippen molar-refractivity contribution < 1.29 is 0 Å². The molecule has 1 aliphatic heterocycles. The number of aryl methyl sites for hydroxylation is 2. The van der Waals surface area contributed by atoms with E-state index >= 15 is 0 Å². The first-order chi connectivity index (χ1) is 9.86. The van der Waals surface area contributed by atoms with Crippen molar-refractivity contribution in [2.45, 2.75) is 13.0 Å². The monoisotopic (exact) mass is 277 g/mol. The molecular formula is C18H12ClN. The molecule has 5 rings (SSSR count). The van der Waals surface area contributed by atoms with Gasteiger partial charge in [-0.1, -0.05) is 54.1 Å². The third-order valence-electron chi connectivity index (χ3n) is 4.54. The Morgan fingerprint density at radius 2 is 1.55 bits per heavy atom. The van der Waals surface area contributed by atoms with Crippen LogP contribution in [0.3, 0.4) is 0 Å². The first kappa shape index (κ1) is 10.8. The van der Waals surface area contributed by atoms with Crippen molar-refractivity contribution >= 4 is 44.2 Å². The van der Waals surface area contributed by atoms with Crippen LogP contribution in [0.15, 0.2) is 48.5 Å². The summed E-state index contributed by atoms with van der Waals surface area (Å²) >= 11 is 6.67. The second-order valence-corrected chi connectivity index (χ2v) is 5.86. The minimum absolute atomic E-state index is 0.939. The van der Waals surface area contributed by atoms with Gasteiger partial charge in [0.15, 0.2) is 0 Å². The van der Waals surface area contributed by atoms with Crippen LogP contribution in [0.1, 0.15) is 5.56 Å². The van der Waals surface area contributed by atoms with E-state index in [9.17, 15) is 0 Å². The lowest BCUT2D eigenvalue weighted by molar-refractivity contribution is 0.796. The second-order valence-electron chi connectivity index (χ2n) is 5.48. The van der Waals surface area contributed by atoms with Crippen molar-refractivity contribution in [3.8, 4) is 0 Å². The van der Waals surface area contributed by atoms with Crippen LogP contribution in [0.2, 0.25) is 5.02 Å². The molecule has 96 valence electrons. The van der Waals surface area contributed by atoms with Gasteiger partial charge in [0.25, 0.3) is 0 Å². The smallest absolute Gasteiger partial charge is 0.0546 e. The van der Waals surface area contributed by atoms with Crippen molar-refractivity contribution in [1.29, 1.82) is 0 Å². The van der Waals surface area contributed by atoms with Gasteiger partial charge in [0.05, 0.1) is 10.5 Å². The summed E-state index contributed by atoms with van der Waals surface area (Å²) in [5, 5.41) is 6.11. The molecule has 0 spiro atoms. The molecule has 1 nitrogen and oxygen atoms in total. The molecule has 3 aromatic carbocycles. The van der Waals surface area contributed by atoms with Crippen molar-refractivity contribution in [1.82, 2.24) is 4.57 Å². The lowest BCUT2D eigenvalue weighted by Crippen LogP contribution is -1.90. The third kappa shape index (κ3) is 1.11. The van der Waals surface area contributed by atoms with Crippen LogP contribution in [0.5, 0.6) is 0 Å². The Morgan fingerprint density at radius 1 is 0.850 bits per heavy atom. The Hall–Kier alpha value is -1.99. The number of benzene rings is 3. The Labute approximate surface area is 121 Å². The maximum absolute atomic E-state index is 6.67. The summed E-state index contributed by atoms with van der Waals surface area (Å²) in [6.45, 7) is 1.04. The number of para-hydroxylation sites is 1. The molecule has 1 aliphatic rings. The fourth-order valence-electron chi connectivity index (χ4n) is 3.73. The van der Waals surface area contributed by atoms with Gasteiger partial charge in [-0.25, -0.2) is 0 Å². The Kier molecular flexibility index (Phi) is 1.91. The number of hydrogen-bond acceptors (Lipinski definition) is 0. The Morgan fingerprint density at radius 3 is 2.40 bits per heavy atom. The van der Waals surface area contributed by atoms with E-state index in [2.05, 4.69) is 53.1 Å². The lowest BCUT2D eigenvalue weighted by atomic mass is 9.99. The summed E-state index contributed by atoms with van der Waals surface area (Å²) in [5.74, 6) is 0. The molecule has 1 aromatic heterocycles. The topological polar surface area (TPSA) is 4.93 Å². The van der Waals surface area contributed by atoms with Crippen LogP contribution in [-0.2, 0) is 13.0 Å². The van der Waals surface area contributed by atoms with Gasteiger partial charge in [0, 0.05) is 28.2 Å². The van der Waals surface area contributed by atoms with Gasteiger partial charge in [-0.15, -0.1) is 0 Å².